The molecule has 0 aliphatic carbocycles. The molecule has 1 amide bonds. The Kier molecular flexibility index (Phi) is 5.18. The molecule has 26 heavy (non-hydrogen) atoms. The molecule has 2 aromatic rings. The van der Waals surface area contributed by atoms with Crippen molar-refractivity contribution >= 4 is 40.5 Å². The van der Waals surface area contributed by atoms with E-state index in [0.29, 0.717) is 32.8 Å². The van der Waals surface area contributed by atoms with E-state index >= 15 is 0 Å². The standard InChI is InChI=1S/C17H14Cl2N4O3/c18-10-3-4-11(19)16-15(10)17(25,9-21-16)8-12(13-2-1-7-26-13)22-23-14(24)5-6-20/h1-4,7,21,25H,5,8-9H2,(H,23,24)/b22-12+/t17-/m1/s1. The van der Waals surface area contributed by atoms with E-state index in [1.165, 1.54) is 6.26 Å². The number of anilines is 1. The fourth-order valence-electron chi connectivity index (χ4n) is 2.80. The van der Waals surface area contributed by atoms with Crippen molar-refractivity contribution in [3.05, 3.63) is 51.9 Å². The minimum absolute atomic E-state index is 0.00735. The molecule has 1 aromatic heterocycles. The van der Waals surface area contributed by atoms with Crippen LogP contribution in [0.2, 0.25) is 10.0 Å². The summed E-state index contributed by atoms with van der Waals surface area (Å²) >= 11 is 12.4. The van der Waals surface area contributed by atoms with Crippen molar-refractivity contribution in [2.45, 2.75) is 18.4 Å². The lowest BCUT2D eigenvalue weighted by Crippen LogP contribution is -2.32. The summed E-state index contributed by atoms with van der Waals surface area (Å²) in [5.74, 6) is -0.183. The number of hydrogen-bond acceptors (Lipinski definition) is 6. The lowest BCUT2D eigenvalue weighted by molar-refractivity contribution is -0.120. The molecule has 3 N–H and O–H groups in total. The zero-order valence-corrected chi connectivity index (χ0v) is 14.9. The van der Waals surface area contributed by atoms with Crippen LogP contribution in [0.25, 0.3) is 0 Å². The summed E-state index contributed by atoms with van der Waals surface area (Å²) in [6.45, 7) is 0.164. The van der Waals surface area contributed by atoms with Crippen molar-refractivity contribution in [1.29, 1.82) is 5.26 Å². The highest BCUT2D eigenvalue weighted by molar-refractivity contribution is 6.36. The van der Waals surface area contributed by atoms with E-state index in [9.17, 15) is 9.90 Å². The molecule has 0 saturated carbocycles. The SMILES string of the molecule is N#CCC(=O)N/N=C(\C[C@@]1(O)CNc2c(Cl)ccc(Cl)c21)c1ccco1. The van der Waals surface area contributed by atoms with Crippen molar-refractivity contribution in [3.63, 3.8) is 0 Å². The van der Waals surface area contributed by atoms with Gasteiger partial charge in [0.25, 0.3) is 5.91 Å². The highest BCUT2D eigenvalue weighted by Gasteiger charge is 2.41. The van der Waals surface area contributed by atoms with Crippen LogP contribution in [-0.4, -0.2) is 23.3 Å². The Balaban J connectivity index is 1.94. The van der Waals surface area contributed by atoms with Gasteiger partial charge in [0.05, 0.1) is 23.0 Å². The molecule has 9 heteroatoms. The predicted molar refractivity (Wildman–Crippen MR) is 97.1 cm³/mol. The predicted octanol–water partition coefficient (Wildman–Crippen LogP) is 3.02. The Bertz CT molecular complexity index is 905. The molecule has 1 aliphatic rings. The quantitative estimate of drug-likeness (QED) is 0.534. The molecule has 0 bridgehead atoms. The fourth-order valence-corrected chi connectivity index (χ4v) is 3.35. The third-order valence-corrected chi connectivity index (χ3v) is 4.58. The number of nitriles is 1. The molecular weight excluding hydrogens is 379 g/mol. The maximum absolute atomic E-state index is 11.5. The Morgan fingerprint density at radius 2 is 2.19 bits per heavy atom. The number of benzene rings is 1. The first kappa shape index (κ1) is 18.3. The number of β-amino-alcohol motifs (C(OH)–C–C–N with tert-alkyl or cyclic N) is 1. The summed E-state index contributed by atoms with van der Waals surface area (Å²) in [5.41, 5.74) is 2.22. The van der Waals surface area contributed by atoms with E-state index in [1.54, 1.807) is 30.3 Å². The second-order valence-corrected chi connectivity index (χ2v) is 6.56. The molecule has 0 unspecified atom stereocenters. The largest absolute Gasteiger partial charge is 0.463 e. The van der Waals surface area contributed by atoms with Crippen LogP contribution >= 0.6 is 23.2 Å². The average Bonchev–Trinajstić information content (AvgIpc) is 3.24. The Morgan fingerprint density at radius 3 is 2.88 bits per heavy atom. The van der Waals surface area contributed by atoms with Gasteiger partial charge in [-0.3, -0.25) is 4.79 Å². The number of amides is 1. The second-order valence-electron chi connectivity index (χ2n) is 5.75. The molecule has 134 valence electrons. The van der Waals surface area contributed by atoms with Crippen LogP contribution in [0.4, 0.5) is 5.69 Å². The molecular formula is C17H14Cl2N4O3. The van der Waals surface area contributed by atoms with Gasteiger partial charge in [-0.05, 0) is 24.3 Å². The number of hydrazone groups is 1. The summed E-state index contributed by atoms with van der Waals surface area (Å²) in [5, 5.41) is 27.7. The summed E-state index contributed by atoms with van der Waals surface area (Å²) in [6.07, 6.45) is 1.13. The van der Waals surface area contributed by atoms with Gasteiger partial charge in [-0.15, -0.1) is 0 Å². The first-order valence-electron chi connectivity index (χ1n) is 7.65. The summed E-state index contributed by atoms with van der Waals surface area (Å²) in [6, 6.07) is 8.31. The van der Waals surface area contributed by atoms with Crippen molar-refractivity contribution in [1.82, 2.24) is 5.43 Å². The van der Waals surface area contributed by atoms with E-state index in [4.69, 9.17) is 32.9 Å². The zero-order chi connectivity index (χ0) is 18.7. The molecule has 0 saturated heterocycles. The average molecular weight is 393 g/mol. The molecule has 1 aromatic carbocycles. The number of fused-ring (bicyclic) bond motifs is 1. The van der Waals surface area contributed by atoms with Crippen LogP contribution in [0, 0.1) is 11.3 Å². The first-order chi connectivity index (χ1) is 12.4. The van der Waals surface area contributed by atoms with Crippen molar-refractivity contribution in [2.24, 2.45) is 5.10 Å². The molecule has 0 fully saturated rings. The molecule has 0 radical (unpaired) electrons. The minimum Gasteiger partial charge on any atom is -0.463 e. The smallest absolute Gasteiger partial charge is 0.254 e. The highest BCUT2D eigenvalue weighted by atomic mass is 35.5. The van der Waals surface area contributed by atoms with Gasteiger partial charge in [-0.2, -0.15) is 10.4 Å². The Labute approximate surface area is 159 Å². The summed E-state index contributed by atoms with van der Waals surface area (Å²) in [4.78, 5) is 11.5. The molecule has 2 heterocycles. The van der Waals surface area contributed by atoms with E-state index in [0.717, 1.165) is 0 Å². The third-order valence-electron chi connectivity index (χ3n) is 3.95. The van der Waals surface area contributed by atoms with Gasteiger partial charge in [0.1, 0.15) is 23.5 Å². The number of carbonyl (C=O) groups excluding carboxylic acids is 1. The Hall–Kier alpha value is -2.53. The van der Waals surface area contributed by atoms with Crippen molar-refractivity contribution in [3.8, 4) is 6.07 Å². The van der Waals surface area contributed by atoms with Crippen molar-refractivity contribution in [2.75, 3.05) is 11.9 Å². The Morgan fingerprint density at radius 1 is 1.42 bits per heavy atom. The van der Waals surface area contributed by atoms with Gasteiger partial charge in [0.2, 0.25) is 0 Å². The number of rotatable bonds is 5. The number of nitrogens with zero attached hydrogens (tertiary/aromatic N) is 2. The van der Waals surface area contributed by atoms with Gasteiger partial charge >= 0.3 is 0 Å². The fraction of sp³-hybridized carbons (Fsp3) is 0.235. The monoisotopic (exact) mass is 392 g/mol. The number of hydrogen-bond donors (Lipinski definition) is 3. The van der Waals surface area contributed by atoms with Gasteiger partial charge in [0, 0.05) is 23.6 Å². The van der Waals surface area contributed by atoms with E-state index in [-0.39, 0.29) is 19.4 Å². The van der Waals surface area contributed by atoms with Crippen LogP contribution in [0.5, 0.6) is 0 Å². The normalized spacial score (nSPS) is 18.8. The maximum atomic E-state index is 11.5. The number of nitrogens with one attached hydrogen (secondary N) is 2. The zero-order valence-electron chi connectivity index (χ0n) is 13.4. The van der Waals surface area contributed by atoms with Crippen LogP contribution in [0.15, 0.2) is 40.0 Å². The lowest BCUT2D eigenvalue weighted by Gasteiger charge is -2.24. The van der Waals surface area contributed by atoms with Gasteiger partial charge < -0.3 is 14.8 Å². The minimum atomic E-state index is -1.40. The van der Waals surface area contributed by atoms with Gasteiger partial charge in [-0.25, -0.2) is 5.43 Å². The second kappa shape index (κ2) is 7.38. The topological polar surface area (TPSA) is 111 Å². The van der Waals surface area contributed by atoms with Crippen LogP contribution in [0.1, 0.15) is 24.2 Å². The molecule has 3 rings (SSSR count). The molecule has 7 nitrogen and oxygen atoms in total. The third kappa shape index (κ3) is 3.53. The molecule has 1 aliphatic heterocycles. The number of halogens is 2. The highest BCUT2D eigenvalue weighted by Crippen LogP contribution is 2.45. The maximum Gasteiger partial charge on any atom is 0.254 e. The van der Waals surface area contributed by atoms with E-state index < -0.39 is 11.5 Å². The van der Waals surface area contributed by atoms with Gasteiger partial charge in [-0.1, -0.05) is 23.2 Å². The number of carbonyl (C=O) groups is 1. The summed E-state index contributed by atoms with van der Waals surface area (Å²) < 4.78 is 5.35. The van der Waals surface area contributed by atoms with Crippen LogP contribution in [0.3, 0.4) is 0 Å². The van der Waals surface area contributed by atoms with Crippen molar-refractivity contribution < 1.29 is 14.3 Å². The number of aliphatic hydroxyl groups is 1. The van der Waals surface area contributed by atoms with E-state index in [2.05, 4.69) is 15.8 Å². The van der Waals surface area contributed by atoms with Crippen LogP contribution < -0.4 is 10.7 Å². The van der Waals surface area contributed by atoms with Crippen LogP contribution in [-0.2, 0) is 10.4 Å². The lowest BCUT2D eigenvalue weighted by atomic mass is 9.89. The number of furan rings is 1. The molecule has 1 atom stereocenters. The first-order valence-corrected chi connectivity index (χ1v) is 8.41. The van der Waals surface area contributed by atoms with Gasteiger partial charge in [0.15, 0.2) is 0 Å². The van der Waals surface area contributed by atoms with E-state index in [1.807, 2.05) is 0 Å². The molecule has 0 spiro atoms. The summed E-state index contributed by atoms with van der Waals surface area (Å²) in [7, 11) is 0.